The number of benzene rings is 1. The topological polar surface area (TPSA) is 80.5 Å². The number of hydrogen-bond acceptors (Lipinski definition) is 5. The molecule has 1 aromatic heterocycles. The van der Waals surface area contributed by atoms with E-state index in [-0.39, 0.29) is 6.03 Å². The lowest BCUT2D eigenvalue weighted by atomic mass is 10.2. The Morgan fingerprint density at radius 1 is 1.38 bits per heavy atom. The smallest absolute Gasteiger partial charge is 0.316 e. The zero-order valence-corrected chi connectivity index (χ0v) is 12.3. The maximum Gasteiger partial charge on any atom is 0.316 e. The lowest BCUT2D eigenvalue weighted by Crippen LogP contribution is -2.35. The number of urea groups is 1. The second kappa shape index (κ2) is 6.74. The van der Waals surface area contributed by atoms with E-state index in [1.54, 1.807) is 21.2 Å². The van der Waals surface area contributed by atoms with Crippen molar-refractivity contribution in [3.05, 3.63) is 30.2 Å². The zero-order valence-electron chi connectivity index (χ0n) is 12.3. The second-order valence-corrected chi connectivity index (χ2v) is 4.59. The predicted molar refractivity (Wildman–Crippen MR) is 77.1 cm³/mol. The summed E-state index contributed by atoms with van der Waals surface area (Å²) in [5.74, 6) is 1.63. The van der Waals surface area contributed by atoms with Crippen LogP contribution in [0.1, 0.15) is 5.89 Å². The fourth-order valence-corrected chi connectivity index (χ4v) is 1.73. The van der Waals surface area contributed by atoms with Crippen LogP contribution in [0, 0.1) is 0 Å². The van der Waals surface area contributed by atoms with Crippen LogP contribution in [0.15, 0.2) is 28.8 Å². The van der Waals surface area contributed by atoms with Crippen molar-refractivity contribution in [3.8, 4) is 17.1 Å². The Kier molecular flexibility index (Phi) is 4.76. The number of amides is 2. The maximum atomic E-state index is 11.4. The molecule has 112 valence electrons. The van der Waals surface area contributed by atoms with Gasteiger partial charge in [-0.2, -0.15) is 4.98 Å². The summed E-state index contributed by atoms with van der Waals surface area (Å²) in [5, 5.41) is 6.68. The van der Waals surface area contributed by atoms with Crippen LogP contribution in [-0.4, -0.2) is 48.8 Å². The van der Waals surface area contributed by atoms with Crippen molar-refractivity contribution >= 4 is 6.03 Å². The average molecular weight is 290 g/mol. The lowest BCUT2D eigenvalue weighted by molar-refractivity contribution is 0.217. The number of para-hydroxylation sites is 1. The molecule has 0 aliphatic rings. The van der Waals surface area contributed by atoms with E-state index in [1.807, 2.05) is 24.3 Å². The first-order valence-corrected chi connectivity index (χ1v) is 6.53. The SMILES string of the molecule is COc1ccccc1-c1noc(CCNC(=O)N(C)C)n1. The van der Waals surface area contributed by atoms with Gasteiger partial charge in [-0.15, -0.1) is 0 Å². The molecule has 1 aromatic carbocycles. The first-order chi connectivity index (χ1) is 10.1. The lowest BCUT2D eigenvalue weighted by Gasteiger charge is -2.10. The molecule has 2 amide bonds. The molecular formula is C14H18N4O3. The molecule has 0 bridgehead atoms. The van der Waals surface area contributed by atoms with Crippen molar-refractivity contribution in [2.45, 2.75) is 6.42 Å². The molecule has 1 N–H and O–H groups in total. The first-order valence-electron chi connectivity index (χ1n) is 6.53. The molecule has 2 aromatic rings. The summed E-state index contributed by atoms with van der Waals surface area (Å²) in [4.78, 5) is 17.1. The summed E-state index contributed by atoms with van der Waals surface area (Å²) >= 11 is 0. The minimum Gasteiger partial charge on any atom is -0.496 e. The van der Waals surface area contributed by atoms with Crippen molar-refractivity contribution in [1.82, 2.24) is 20.4 Å². The van der Waals surface area contributed by atoms with Gasteiger partial charge in [-0.05, 0) is 12.1 Å². The molecule has 7 nitrogen and oxygen atoms in total. The van der Waals surface area contributed by atoms with Crippen molar-refractivity contribution in [3.63, 3.8) is 0 Å². The molecule has 0 saturated heterocycles. The second-order valence-electron chi connectivity index (χ2n) is 4.59. The van der Waals surface area contributed by atoms with Gasteiger partial charge < -0.3 is 19.5 Å². The van der Waals surface area contributed by atoms with Crippen LogP contribution in [0.25, 0.3) is 11.4 Å². The molecule has 0 fully saturated rings. The Morgan fingerprint density at radius 3 is 2.86 bits per heavy atom. The van der Waals surface area contributed by atoms with Gasteiger partial charge in [0.25, 0.3) is 0 Å². The Bertz CT molecular complexity index is 610. The molecule has 21 heavy (non-hydrogen) atoms. The molecule has 0 atom stereocenters. The Labute approximate surface area is 122 Å². The van der Waals surface area contributed by atoms with Crippen LogP contribution < -0.4 is 10.1 Å². The summed E-state index contributed by atoms with van der Waals surface area (Å²) in [5.41, 5.74) is 0.771. The van der Waals surface area contributed by atoms with Crippen LogP contribution in [0.3, 0.4) is 0 Å². The summed E-state index contributed by atoms with van der Waals surface area (Å²) in [7, 11) is 4.96. The van der Waals surface area contributed by atoms with E-state index >= 15 is 0 Å². The highest BCUT2D eigenvalue weighted by molar-refractivity contribution is 5.73. The molecule has 0 aliphatic carbocycles. The third-order valence-corrected chi connectivity index (χ3v) is 2.84. The van der Waals surface area contributed by atoms with Crippen LogP contribution in [0.5, 0.6) is 5.75 Å². The predicted octanol–water partition coefficient (Wildman–Crippen LogP) is 1.56. The number of nitrogens with one attached hydrogen (secondary N) is 1. The van der Waals surface area contributed by atoms with Crippen molar-refractivity contribution in [2.75, 3.05) is 27.7 Å². The summed E-state index contributed by atoms with van der Waals surface area (Å²) in [6.45, 7) is 0.435. The number of carbonyl (C=O) groups excluding carboxylic acids is 1. The van der Waals surface area contributed by atoms with E-state index in [1.165, 1.54) is 4.90 Å². The van der Waals surface area contributed by atoms with E-state index in [0.29, 0.717) is 30.4 Å². The fraction of sp³-hybridized carbons (Fsp3) is 0.357. The van der Waals surface area contributed by atoms with E-state index in [9.17, 15) is 4.79 Å². The molecule has 0 aliphatic heterocycles. The quantitative estimate of drug-likeness (QED) is 0.903. The highest BCUT2D eigenvalue weighted by atomic mass is 16.5. The summed E-state index contributed by atoms with van der Waals surface area (Å²) < 4.78 is 10.4. The number of aromatic nitrogens is 2. The number of rotatable bonds is 5. The van der Waals surface area contributed by atoms with E-state index in [4.69, 9.17) is 9.26 Å². The van der Waals surface area contributed by atoms with Gasteiger partial charge in [-0.1, -0.05) is 17.3 Å². The zero-order chi connectivity index (χ0) is 15.2. The number of carbonyl (C=O) groups is 1. The molecular weight excluding hydrogens is 272 g/mol. The molecule has 1 heterocycles. The van der Waals surface area contributed by atoms with Crippen molar-refractivity contribution < 1.29 is 14.1 Å². The maximum absolute atomic E-state index is 11.4. The average Bonchev–Trinajstić information content (AvgIpc) is 2.95. The highest BCUT2D eigenvalue weighted by Gasteiger charge is 2.13. The van der Waals surface area contributed by atoms with Crippen LogP contribution in [0.4, 0.5) is 4.79 Å². The fourth-order valence-electron chi connectivity index (χ4n) is 1.73. The highest BCUT2D eigenvalue weighted by Crippen LogP contribution is 2.26. The Balaban J connectivity index is 2.00. The number of ether oxygens (including phenoxy) is 1. The Morgan fingerprint density at radius 2 is 2.14 bits per heavy atom. The normalized spacial score (nSPS) is 10.2. The van der Waals surface area contributed by atoms with Gasteiger partial charge in [0, 0.05) is 27.1 Å². The monoisotopic (exact) mass is 290 g/mol. The number of hydrogen-bond donors (Lipinski definition) is 1. The van der Waals surface area contributed by atoms with Crippen molar-refractivity contribution in [1.29, 1.82) is 0 Å². The van der Waals surface area contributed by atoms with Gasteiger partial charge >= 0.3 is 6.03 Å². The third kappa shape index (κ3) is 3.71. The van der Waals surface area contributed by atoms with Gasteiger partial charge in [0.15, 0.2) is 0 Å². The molecule has 0 unspecified atom stereocenters. The molecule has 0 spiro atoms. The van der Waals surface area contributed by atoms with Gasteiger partial charge in [-0.3, -0.25) is 0 Å². The largest absolute Gasteiger partial charge is 0.496 e. The molecule has 0 radical (unpaired) electrons. The number of nitrogens with zero attached hydrogens (tertiary/aromatic N) is 3. The summed E-state index contributed by atoms with van der Waals surface area (Å²) in [6.07, 6.45) is 0.474. The minimum atomic E-state index is -0.153. The van der Waals surface area contributed by atoms with E-state index in [2.05, 4.69) is 15.5 Å². The molecule has 0 saturated carbocycles. The Hall–Kier alpha value is -2.57. The third-order valence-electron chi connectivity index (χ3n) is 2.84. The van der Waals surface area contributed by atoms with Gasteiger partial charge in [0.05, 0.1) is 12.7 Å². The van der Waals surface area contributed by atoms with Gasteiger partial charge in [0.1, 0.15) is 5.75 Å². The first kappa shape index (κ1) is 14.8. The molecule has 2 rings (SSSR count). The van der Waals surface area contributed by atoms with Crippen molar-refractivity contribution in [2.24, 2.45) is 0 Å². The van der Waals surface area contributed by atoms with Gasteiger partial charge in [0.2, 0.25) is 11.7 Å². The van der Waals surface area contributed by atoms with Crippen LogP contribution >= 0.6 is 0 Å². The van der Waals surface area contributed by atoms with E-state index < -0.39 is 0 Å². The summed E-state index contributed by atoms with van der Waals surface area (Å²) in [6, 6.07) is 7.30. The van der Waals surface area contributed by atoms with Crippen LogP contribution in [-0.2, 0) is 6.42 Å². The van der Waals surface area contributed by atoms with Gasteiger partial charge in [-0.25, -0.2) is 4.79 Å². The number of methoxy groups -OCH3 is 1. The van der Waals surface area contributed by atoms with Crippen LogP contribution in [0.2, 0.25) is 0 Å². The standard InChI is InChI=1S/C14H18N4O3/c1-18(2)14(19)15-9-8-12-16-13(17-21-12)10-6-4-5-7-11(10)20-3/h4-7H,8-9H2,1-3H3,(H,15,19). The molecule has 7 heteroatoms. The van der Waals surface area contributed by atoms with E-state index in [0.717, 1.165) is 5.56 Å². The minimum absolute atomic E-state index is 0.153.